The van der Waals surface area contributed by atoms with Crippen molar-refractivity contribution in [3.63, 3.8) is 0 Å². The van der Waals surface area contributed by atoms with E-state index in [1.807, 2.05) is 31.3 Å². The number of carbonyl (C=O) groups is 1. The molecule has 7 heteroatoms. The molecule has 3 heterocycles. The number of hydrogen-bond donors (Lipinski definition) is 0. The highest BCUT2D eigenvalue weighted by molar-refractivity contribution is 5.95. The third-order valence-corrected chi connectivity index (χ3v) is 5.04. The highest BCUT2D eigenvalue weighted by Crippen LogP contribution is 2.36. The Labute approximate surface area is 152 Å². The number of aryl methyl sites for hydroxylation is 1. The van der Waals surface area contributed by atoms with Crippen LogP contribution in [0, 0.1) is 5.92 Å². The first-order chi connectivity index (χ1) is 12.7. The Kier molecular flexibility index (Phi) is 4.55. The molecule has 7 nitrogen and oxygen atoms in total. The van der Waals surface area contributed by atoms with E-state index in [0.29, 0.717) is 43.4 Å². The molecule has 1 amide bonds. The number of nitrogens with zero attached hydrogens (tertiary/aromatic N) is 3. The maximum Gasteiger partial charge on any atom is 0.254 e. The van der Waals surface area contributed by atoms with E-state index in [2.05, 4.69) is 5.10 Å². The van der Waals surface area contributed by atoms with Gasteiger partial charge in [0, 0.05) is 50.3 Å². The van der Waals surface area contributed by atoms with Gasteiger partial charge >= 0.3 is 0 Å². The first kappa shape index (κ1) is 16.9. The molecule has 0 N–H and O–H groups in total. The van der Waals surface area contributed by atoms with Crippen molar-refractivity contribution < 1.29 is 19.0 Å². The van der Waals surface area contributed by atoms with Gasteiger partial charge in [-0.15, -0.1) is 0 Å². The second kappa shape index (κ2) is 6.99. The molecule has 4 rings (SSSR count). The van der Waals surface area contributed by atoms with Crippen molar-refractivity contribution in [2.45, 2.75) is 12.8 Å². The summed E-state index contributed by atoms with van der Waals surface area (Å²) in [5, 5.41) is 4.29. The maximum absolute atomic E-state index is 13.0. The van der Waals surface area contributed by atoms with Crippen LogP contribution in [0.1, 0.15) is 28.8 Å². The lowest BCUT2D eigenvalue weighted by molar-refractivity contribution is 0.0762. The number of amides is 1. The van der Waals surface area contributed by atoms with Crippen molar-refractivity contribution in [1.82, 2.24) is 14.7 Å². The predicted molar refractivity (Wildman–Crippen MR) is 94.4 cm³/mol. The minimum Gasteiger partial charge on any atom is -0.454 e. The Bertz CT molecular complexity index is 804. The summed E-state index contributed by atoms with van der Waals surface area (Å²) in [5.41, 5.74) is 1.77. The van der Waals surface area contributed by atoms with Gasteiger partial charge < -0.3 is 19.1 Å². The molecule has 138 valence electrons. The van der Waals surface area contributed by atoms with Crippen molar-refractivity contribution >= 4 is 5.91 Å². The van der Waals surface area contributed by atoms with Crippen LogP contribution in [0.2, 0.25) is 0 Å². The number of fused-ring (bicyclic) bond motifs is 1. The van der Waals surface area contributed by atoms with Gasteiger partial charge in [0.05, 0.1) is 12.8 Å². The van der Waals surface area contributed by atoms with Crippen LogP contribution in [0.5, 0.6) is 11.5 Å². The molecule has 0 unspecified atom stereocenters. The maximum atomic E-state index is 13.0. The summed E-state index contributed by atoms with van der Waals surface area (Å²) in [4.78, 5) is 14.9. The quantitative estimate of drug-likeness (QED) is 0.819. The van der Waals surface area contributed by atoms with Gasteiger partial charge in [0.2, 0.25) is 6.79 Å². The molecular weight excluding hydrogens is 334 g/mol. The predicted octanol–water partition coefficient (Wildman–Crippen LogP) is 2.04. The van der Waals surface area contributed by atoms with E-state index in [9.17, 15) is 4.79 Å². The fraction of sp³-hybridized carbons (Fsp3) is 0.474. The van der Waals surface area contributed by atoms with Gasteiger partial charge in [-0.2, -0.15) is 5.10 Å². The van der Waals surface area contributed by atoms with Gasteiger partial charge in [0.1, 0.15) is 0 Å². The van der Waals surface area contributed by atoms with E-state index in [1.165, 1.54) is 0 Å². The molecule has 1 saturated heterocycles. The number of carbonyl (C=O) groups excluding carboxylic acids is 1. The molecule has 0 bridgehead atoms. The van der Waals surface area contributed by atoms with E-state index in [0.717, 1.165) is 5.56 Å². The Morgan fingerprint density at radius 3 is 2.92 bits per heavy atom. The smallest absolute Gasteiger partial charge is 0.254 e. The second-order valence-corrected chi connectivity index (χ2v) is 6.75. The summed E-state index contributed by atoms with van der Waals surface area (Å²) >= 11 is 0. The molecule has 2 aliphatic heterocycles. The van der Waals surface area contributed by atoms with Crippen molar-refractivity contribution in [2.24, 2.45) is 13.0 Å². The number of benzene rings is 1. The second-order valence-electron chi connectivity index (χ2n) is 6.75. The SMILES string of the molecule is CCOC[C@@H]1CN(C(=O)c2ccc3c(c2)OCO3)C[C@H]1c1cnn(C)c1. The summed E-state index contributed by atoms with van der Waals surface area (Å²) in [6.45, 7) is 4.84. The van der Waals surface area contributed by atoms with Crippen LogP contribution in [0.15, 0.2) is 30.6 Å². The van der Waals surface area contributed by atoms with Crippen LogP contribution in [-0.2, 0) is 11.8 Å². The van der Waals surface area contributed by atoms with Gasteiger partial charge in [-0.25, -0.2) is 0 Å². The summed E-state index contributed by atoms with van der Waals surface area (Å²) in [6.07, 6.45) is 3.91. The zero-order valence-corrected chi connectivity index (χ0v) is 15.1. The molecule has 26 heavy (non-hydrogen) atoms. The molecular formula is C19H23N3O4. The lowest BCUT2D eigenvalue weighted by Crippen LogP contribution is -2.29. The minimum atomic E-state index is 0.0104. The van der Waals surface area contributed by atoms with Crippen LogP contribution in [0.3, 0.4) is 0 Å². The Hall–Kier alpha value is -2.54. The monoisotopic (exact) mass is 357 g/mol. The molecule has 0 radical (unpaired) electrons. The third-order valence-electron chi connectivity index (χ3n) is 5.04. The van der Waals surface area contributed by atoms with Crippen molar-refractivity contribution in [2.75, 3.05) is 33.1 Å². The zero-order valence-electron chi connectivity index (χ0n) is 15.1. The summed E-state index contributed by atoms with van der Waals surface area (Å²) in [5.74, 6) is 1.82. The van der Waals surface area contributed by atoms with Gasteiger partial charge in [-0.3, -0.25) is 9.48 Å². The molecule has 0 saturated carbocycles. The molecule has 0 spiro atoms. The normalized spacial score (nSPS) is 21.4. The van der Waals surface area contributed by atoms with E-state index in [4.69, 9.17) is 14.2 Å². The third kappa shape index (κ3) is 3.14. The molecule has 2 atom stereocenters. The van der Waals surface area contributed by atoms with Gasteiger partial charge in [0.25, 0.3) is 5.91 Å². The standard InChI is InChI=1S/C19H23N3O4/c1-3-24-11-15-9-22(10-16(15)14-7-20-21(2)8-14)19(23)13-4-5-17-18(6-13)26-12-25-17/h4-8,15-16H,3,9-12H2,1-2H3/t15-,16-/m0/s1. The van der Waals surface area contributed by atoms with E-state index < -0.39 is 0 Å². The summed E-state index contributed by atoms with van der Waals surface area (Å²) < 4.78 is 18.2. The number of likely N-dealkylation sites (tertiary alicyclic amines) is 1. The van der Waals surface area contributed by atoms with Crippen LogP contribution >= 0.6 is 0 Å². The molecule has 1 aromatic carbocycles. The first-order valence-electron chi connectivity index (χ1n) is 8.91. The van der Waals surface area contributed by atoms with Gasteiger partial charge in [0.15, 0.2) is 11.5 Å². The van der Waals surface area contributed by atoms with Crippen LogP contribution in [0.4, 0.5) is 0 Å². The van der Waals surface area contributed by atoms with Crippen molar-refractivity contribution in [3.05, 3.63) is 41.7 Å². The van der Waals surface area contributed by atoms with E-state index in [1.54, 1.807) is 22.9 Å². The molecule has 1 fully saturated rings. The summed E-state index contributed by atoms with van der Waals surface area (Å²) in [6, 6.07) is 5.35. The van der Waals surface area contributed by atoms with E-state index >= 15 is 0 Å². The Balaban J connectivity index is 1.54. The Morgan fingerprint density at radius 2 is 2.15 bits per heavy atom. The van der Waals surface area contributed by atoms with Gasteiger partial charge in [-0.05, 0) is 30.7 Å². The van der Waals surface area contributed by atoms with E-state index in [-0.39, 0.29) is 24.5 Å². The van der Waals surface area contributed by atoms with Crippen LogP contribution < -0.4 is 9.47 Å². The number of ether oxygens (including phenoxy) is 3. The van der Waals surface area contributed by atoms with Crippen molar-refractivity contribution in [1.29, 1.82) is 0 Å². The largest absolute Gasteiger partial charge is 0.454 e. The van der Waals surface area contributed by atoms with Gasteiger partial charge in [-0.1, -0.05) is 0 Å². The molecule has 2 aromatic rings. The minimum absolute atomic E-state index is 0.0104. The molecule has 1 aromatic heterocycles. The highest BCUT2D eigenvalue weighted by Gasteiger charge is 2.37. The first-order valence-corrected chi connectivity index (χ1v) is 8.91. The average molecular weight is 357 g/mol. The van der Waals surface area contributed by atoms with Crippen LogP contribution in [-0.4, -0.2) is 53.7 Å². The lowest BCUT2D eigenvalue weighted by atomic mass is 9.92. The highest BCUT2D eigenvalue weighted by atomic mass is 16.7. The molecule has 2 aliphatic rings. The fourth-order valence-electron chi connectivity index (χ4n) is 3.70. The average Bonchev–Trinajstić information content (AvgIpc) is 3.37. The number of aromatic nitrogens is 2. The topological polar surface area (TPSA) is 65.8 Å². The Morgan fingerprint density at radius 1 is 1.31 bits per heavy atom. The zero-order chi connectivity index (χ0) is 18.1. The number of hydrogen-bond acceptors (Lipinski definition) is 5. The molecule has 0 aliphatic carbocycles. The lowest BCUT2D eigenvalue weighted by Gasteiger charge is -2.16. The van der Waals surface area contributed by atoms with Crippen molar-refractivity contribution in [3.8, 4) is 11.5 Å². The van der Waals surface area contributed by atoms with Crippen LogP contribution in [0.25, 0.3) is 0 Å². The fourth-order valence-corrected chi connectivity index (χ4v) is 3.70. The number of rotatable bonds is 5. The summed E-state index contributed by atoms with van der Waals surface area (Å²) in [7, 11) is 1.91.